The molecule has 0 radical (unpaired) electrons. The van der Waals surface area contributed by atoms with Crippen molar-refractivity contribution >= 4 is 38.0 Å². The van der Waals surface area contributed by atoms with Crippen LogP contribution in [0.15, 0.2) is 46.9 Å². The van der Waals surface area contributed by atoms with Crippen LogP contribution in [0.5, 0.6) is 0 Å². The highest BCUT2D eigenvalue weighted by atomic mass is 32.2. The Kier molecular flexibility index (Phi) is 4.66. The van der Waals surface area contributed by atoms with Crippen LogP contribution >= 0.6 is 11.3 Å². The number of ketones is 1. The first-order chi connectivity index (χ1) is 11.8. The maximum atomic E-state index is 12.2. The van der Waals surface area contributed by atoms with Crippen LogP contribution in [0.3, 0.4) is 0 Å². The van der Waals surface area contributed by atoms with E-state index in [1.807, 2.05) is 16.4 Å². The van der Waals surface area contributed by atoms with Gasteiger partial charge in [-0.3, -0.25) is 19.4 Å². The summed E-state index contributed by atoms with van der Waals surface area (Å²) < 4.78 is 26.2. The van der Waals surface area contributed by atoms with Gasteiger partial charge < -0.3 is 0 Å². The highest BCUT2D eigenvalue weighted by molar-refractivity contribution is 7.89. The molecule has 8 nitrogen and oxygen atoms in total. The van der Waals surface area contributed by atoms with Gasteiger partial charge in [0.2, 0.25) is 5.91 Å². The van der Waals surface area contributed by atoms with Crippen LogP contribution in [-0.4, -0.2) is 29.5 Å². The molecular weight excluding hydrogens is 364 g/mol. The van der Waals surface area contributed by atoms with Gasteiger partial charge >= 0.3 is 0 Å². The van der Waals surface area contributed by atoms with Crippen molar-refractivity contribution in [2.24, 2.45) is 0 Å². The number of imidazole rings is 1. The Hall–Kier alpha value is -2.56. The lowest BCUT2D eigenvalue weighted by molar-refractivity contribution is -0.120. The van der Waals surface area contributed by atoms with Gasteiger partial charge in [0.15, 0.2) is 10.7 Å². The van der Waals surface area contributed by atoms with Gasteiger partial charge in [-0.1, -0.05) is 12.1 Å². The van der Waals surface area contributed by atoms with E-state index in [1.165, 1.54) is 42.5 Å². The number of aromatic nitrogens is 2. The average Bonchev–Trinajstić information content (AvgIpc) is 3.14. The molecule has 0 aliphatic heterocycles. The van der Waals surface area contributed by atoms with Crippen LogP contribution in [0.2, 0.25) is 0 Å². The number of hydrazine groups is 1. The van der Waals surface area contributed by atoms with Gasteiger partial charge in [-0.05, 0) is 19.1 Å². The van der Waals surface area contributed by atoms with Crippen LogP contribution in [-0.2, 0) is 21.2 Å². The minimum absolute atomic E-state index is 0.0651. The summed E-state index contributed by atoms with van der Waals surface area (Å²) in [6.07, 6.45) is 3.46. The van der Waals surface area contributed by atoms with Gasteiger partial charge in [0, 0.05) is 23.3 Å². The Balaban J connectivity index is 1.65. The van der Waals surface area contributed by atoms with Crippen molar-refractivity contribution in [3.8, 4) is 0 Å². The molecule has 130 valence electrons. The third-order valence-corrected chi connectivity index (χ3v) is 5.38. The number of nitrogens with zero attached hydrogens (tertiary/aromatic N) is 2. The SMILES string of the molecule is CC(=O)c1cccc(S(=O)(=O)NNC(=O)Cc2cn3ccsc3n2)c1. The Labute approximate surface area is 147 Å². The molecule has 3 rings (SSSR count). The minimum Gasteiger partial charge on any atom is -0.297 e. The zero-order valence-corrected chi connectivity index (χ0v) is 14.7. The van der Waals surface area contributed by atoms with E-state index in [0.29, 0.717) is 5.69 Å². The van der Waals surface area contributed by atoms with E-state index in [1.54, 1.807) is 10.6 Å². The fourth-order valence-electron chi connectivity index (χ4n) is 2.14. The first-order valence-electron chi connectivity index (χ1n) is 7.18. The molecule has 0 saturated heterocycles. The summed E-state index contributed by atoms with van der Waals surface area (Å²) in [6, 6.07) is 5.57. The number of carbonyl (C=O) groups excluding carboxylic acids is 2. The number of benzene rings is 1. The van der Waals surface area contributed by atoms with Gasteiger partial charge in [-0.15, -0.1) is 16.2 Å². The van der Waals surface area contributed by atoms with E-state index in [4.69, 9.17) is 0 Å². The van der Waals surface area contributed by atoms with Crippen LogP contribution < -0.4 is 10.3 Å². The first kappa shape index (κ1) is 17.3. The van der Waals surface area contributed by atoms with Crippen molar-refractivity contribution in [1.82, 2.24) is 19.6 Å². The number of nitrogens with one attached hydrogen (secondary N) is 2. The van der Waals surface area contributed by atoms with Crippen molar-refractivity contribution in [2.75, 3.05) is 0 Å². The molecule has 0 unspecified atom stereocenters. The molecule has 0 aliphatic rings. The quantitative estimate of drug-likeness (QED) is 0.494. The highest BCUT2D eigenvalue weighted by Crippen LogP contribution is 2.12. The van der Waals surface area contributed by atoms with Gasteiger partial charge in [0.1, 0.15) is 0 Å². The second-order valence-electron chi connectivity index (χ2n) is 5.24. The van der Waals surface area contributed by atoms with Crippen LogP contribution in [0.4, 0.5) is 0 Å². The number of sulfonamides is 1. The van der Waals surface area contributed by atoms with Crippen LogP contribution in [0.1, 0.15) is 23.0 Å². The molecule has 0 atom stereocenters. The number of hydrogen-bond donors (Lipinski definition) is 2. The fraction of sp³-hybridized carbons (Fsp3) is 0.133. The molecule has 0 fully saturated rings. The molecule has 2 aromatic heterocycles. The largest absolute Gasteiger partial charge is 0.297 e. The van der Waals surface area contributed by atoms with Crippen molar-refractivity contribution < 1.29 is 18.0 Å². The topological polar surface area (TPSA) is 110 Å². The summed E-state index contributed by atoms with van der Waals surface area (Å²) in [5.41, 5.74) is 2.95. The molecule has 2 heterocycles. The van der Waals surface area contributed by atoms with Crippen molar-refractivity contribution in [3.63, 3.8) is 0 Å². The summed E-state index contributed by atoms with van der Waals surface area (Å²) in [5.74, 6) is -0.794. The van der Waals surface area contributed by atoms with Gasteiger partial charge in [0.25, 0.3) is 10.0 Å². The molecule has 2 N–H and O–H groups in total. The Morgan fingerprint density at radius 1 is 1.32 bits per heavy atom. The predicted molar refractivity (Wildman–Crippen MR) is 91.7 cm³/mol. The first-order valence-corrected chi connectivity index (χ1v) is 9.54. The molecular formula is C15H14N4O4S2. The maximum absolute atomic E-state index is 12.2. The van der Waals surface area contributed by atoms with Crippen molar-refractivity contribution in [2.45, 2.75) is 18.2 Å². The molecule has 25 heavy (non-hydrogen) atoms. The third kappa shape index (κ3) is 3.92. The maximum Gasteiger partial charge on any atom is 0.257 e. The van der Waals surface area contributed by atoms with E-state index in [9.17, 15) is 18.0 Å². The Morgan fingerprint density at radius 3 is 2.84 bits per heavy atom. The predicted octanol–water partition coefficient (Wildman–Crippen LogP) is 1.15. The summed E-state index contributed by atoms with van der Waals surface area (Å²) >= 11 is 1.43. The Bertz CT molecular complexity index is 1020. The second kappa shape index (κ2) is 6.75. The summed E-state index contributed by atoms with van der Waals surface area (Å²) in [6.45, 7) is 1.34. The standard InChI is InChI=1S/C15H14N4O4S2/c1-10(20)11-3-2-4-13(7-11)25(22,23)18-17-14(21)8-12-9-19-5-6-24-15(19)16-12/h2-7,9,18H,8H2,1H3,(H,17,21). The summed E-state index contributed by atoms with van der Waals surface area (Å²) in [5, 5.41) is 1.87. The summed E-state index contributed by atoms with van der Waals surface area (Å²) in [4.78, 5) is 30.2. The number of rotatable bonds is 6. The van der Waals surface area contributed by atoms with Crippen LogP contribution in [0.25, 0.3) is 4.96 Å². The number of fused-ring (bicyclic) bond motifs is 1. The van der Waals surface area contributed by atoms with Crippen molar-refractivity contribution in [3.05, 3.63) is 53.3 Å². The Morgan fingerprint density at radius 2 is 2.12 bits per heavy atom. The van der Waals surface area contributed by atoms with Crippen LogP contribution in [0, 0.1) is 0 Å². The fourth-order valence-corrected chi connectivity index (χ4v) is 3.76. The number of amides is 1. The third-order valence-electron chi connectivity index (χ3n) is 3.36. The molecule has 10 heteroatoms. The van der Waals surface area contributed by atoms with E-state index >= 15 is 0 Å². The number of Topliss-reactive ketones (excluding diaryl/α,β-unsaturated/α-hetero) is 1. The van der Waals surface area contributed by atoms with Gasteiger partial charge in [-0.2, -0.15) is 0 Å². The second-order valence-corrected chi connectivity index (χ2v) is 7.79. The monoisotopic (exact) mass is 378 g/mol. The highest BCUT2D eigenvalue weighted by Gasteiger charge is 2.17. The molecule has 0 saturated carbocycles. The van der Waals surface area contributed by atoms with E-state index < -0.39 is 15.9 Å². The normalized spacial score (nSPS) is 11.6. The molecule has 0 aliphatic carbocycles. The smallest absolute Gasteiger partial charge is 0.257 e. The minimum atomic E-state index is -3.98. The van der Waals surface area contributed by atoms with E-state index in [-0.39, 0.29) is 22.7 Å². The molecule has 3 aromatic rings. The number of thiazole rings is 1. The van der Waals surface area contributed by atoms with E-state index in [2.05, 4.69) is 10.4 Å². The lowest BCUT2D eigenvalue weighted by atomic mass is 10.2. The lowest BCUT2D eigenvalue weighted by Gasteiger charge is -2.08. The number of hydrogen-bond acceptors (Lipinski definition) is 6. The molecule has 0 spiro atoms. The average molecular weight is 378 g/mol. The molecule has 0 bridgehead atoms. The molecule has 1 aromatic carbocycles. The summed E-state index contributed by atoms with van der Waals surface area (Å²) in [7, 11) is -3.98. The van der Waals surface area contributed by atoms with Gasteiger partial charge in [0.05, 0.1) is 17.0 Å². The molecule has 1 amide bonds. The van der Waals surface area contributed by atoms with Gasteiger partial charge in [-0.25, -0.2) is 13.4 Å². The van der Waals surface area contributed by atoms with E-state index in [0.717, 1.165) is 4.96 Å². The zero-order valence-electron chi connectivity index (χ0n) is 13.1. The van der Waals surface area contributed by atoms with Crippen molar-refractivity contribution in [1.29, 1.82) is 0 Å². The zero-order chi connectivity index (χ0) is 18.0. The lowest BCUT2D eigenvalue weighted by Crippen LogP contribution is -2.42. The number of carbonyl (C=O) groups is 2.